The fourth-order valence-electron chi connectivity index (χ4n) is 1.86. The van der Waals surface area contributed by atoms with Crippen LogP contribution in [0.3, 0.4) is 0 Å². The van der Waals surface area contributed by atoms with Crippen LogP contribution < -0.4 is 10.1 Å². The normalized spacial score (nSPS) is 11.5. The van der Waals surface area contributed by atoms with Crippen LogP contribution in [-0.4, -0.2) is 24.4 Å². The van der Waals surface area contributed by atoms with Crippen molar-refractivity contribution in [2.75, 3.05) is 18.5 Å². The standard InChI is InChI=1S/C17H18N2O2/c1-13-4-2-3-5-17(13)21-12-16(20)11-19-15-8-6-14(10-18)7-9-15/h2-9,16,19-20H,11-12H2,1H3. The topological polar surface area (TPSA) is 65.3 Å². The Morgan fingerprint density at radius 2 is 1.90 bits per heavy atom. The number of nitrogens with zero attached hydrogens (tertiary/aromatic N) is 1. The highest BCUT2D eigenvalue weighted by atomic mass is 16.5. The lowest BCUT2D eigenvalue weighted by molar-refractivity contribution is 0.117. The van der Waals surface area contributed by atoms with Crippen molar-refractivity contribution in [1.82, 2.24) is 0 Å². The minimum atomic E-state index is -0.611. The lowest BCUT2D eigenvalue weighted by Gasteiger charge is -2.15. The molecule has 0 aromatic heterocycles. The van der Waals surface area contributed by atoms with E-state index in [-0.39, 0.29) is 6.61 Å². The zero-order chi connectivity index (χ0) is 15.1. The number of benzene rings is 2. The number of nitriles is 1. The number of aliphatic hydroxyl groups excluding tert-OH is 1. The second-order valence-corrected chi connectivity index (χ2v) is 4.80. The van der Waals surface area contributed by atoms with Gasteiger partial charge in [-0.1, -0.05) is 18.2 Å². The third-order valence-electron chi connectivity index (χ3n) is 3.08. The molecule has 0 bridgehead atoms. The van der Waals surface area contributed by atoms with Gasteiger partial charge in [0, 0.05) is 12.2 Å². The zero-order valence-corrected chi connectivity index (χ0v) is 11.9. The van der Waals surface area contributed by atoms with E-state index in [1.54, 1.807) is 12.1 Å². The van der Waals surface area contributed by atoms with Crippen LogP contribution >= 0.6 is 0 Å². The summed E-state index contributed by atoms with van der Waals surface area (Å²) in [5.41, 5.74) is 2.53. The number of nitrogens with one attached hydrogen (secondary N) is 1. The Labute approximate surface area is 124 Å². The highest BCUT2D eigenvalue weighted by Crippen LogP contribution is 2.16. The molecule has 2 N–H and O–H groups in total. The number of aliphatic hydroxyl groups is 1. The lowest BCUT2D eigenvalue weighted by atomic mass is 10.2. The molecule has 0 saturated carbocycles. The smallest absolute Gasteiger partial charge is 0.122 e. The van der Waals surface area contributed by atoms with E-state index in [9.17, 15) is 5.11 Å². The molecule has 0 spiro atoms. The van der Waals surface area contributed by atoms with Gasteiger partial charge in [0.25, 0.3) is 0 Å². The van der Waals surface area contributed by atoms with Crippen LogP contribution in [-0.2, 0) is 0 Å². The second-order valence-electron chi connectivity index (χ2n) is 4.80. The molecule has 0 aliphatic heterocycles. The van der Waals surface area contributed by atoms with Crippen LogP contribution in [0.15, 0.2) is 48.5 Å². The molecule has 0 aliphatic carbocycles. The van der Waals surface area contributed by atoms with Crippen LogP contribution in [0, 0.1) is 18.3 Å². The summed E-state index contributed by atoms with van der Waals surface area (Å²) in [6.45, 7) is 2.59. The van der Waals surface area contributed by atoms with Crippen molar-refractivity contribution in [3.63, 3.8) is 0 Å². The Kier molecular flexibility index (Phi) is 5.19. The second kappa shape index (κ2) is 7.32. The Morgan fingerprint density at radius 1 is 1.19 bits per heavy atom. The third-order valence-corrected chi connectivity index (χ3v) is 3.08. The van der Waals surface area contributed by atoms with Gasteiger partial charge in [-0.05, 0) is 42.8 Å². The van der Waals surface area contributed by atoms with E-state index in [0.29, 0.717) is 12.1 Å². The molecule has 2 rings (SSSR count). The molecule has 0 heterocycles. The highest BCUT2D eigenvalue weighted by molar-refractivity contribution is 5.47. The molecule has 2 aromatic rings. The Hall–Kier alpha value is -2.51. The van der Waals surface area contributed by atoms with Gasteiger partial charge in [-0.15, -0.1) is 0 Å². The summed E-state index contributed by atoms with van der Waals surface area (Å²) < 4.78 is 5.59. The molecule has 1 unspecified atom stereocenters. The fraction of sp³-hybridized carbons (Fsp3) is 0.235. The van der Waals surface area contributed by atoms with Gasteiger partial charge in [-0.2, -0.15) is 5.26 Å². The Balaban J connectivity index is 1.78. The van der Waals surface area contributed by atoms with Crippen LogP contribution in [0.2, 0.25) is 0 Å². The quantitative estimate of drug-likeness (QED) is 0.855. The van der Waals surface area contributed by atoms with Gasteiger partial charge in [-0.3, -0.25) is 0 Å². The maximum atomic E-state index is 9.92. The first kappa shape index (κ1) is 14.9. The van der Waals surface area contributed by atoms with Gasteiger partial charge in [0.15, 0.2) is 0 Å². The molecule has 0 saturated heterocycles. The number of rotatable bonds is 6. The number of anilines is 1. The molecule has 21 heavy (non-hydrogen) atoms. The summed E-state index contributed by atoms with van der Waals surface area (Å²) in [4.78, 5) is 0. The van der Waals surface area contributed by atoms with Crippen LogP contribution in [0.25, 0.3) is 0 Å². The monoisotopic (exact) mass is 282 g/mol. The third kappa shape index (κ3) is 4.51. The molecule has 108 valence electrons. The molecule has 2 aromatic carbocycles. The van der Waals surface area contributed by atoms with Crippen LogP contribution in [0.1, 0.15) is 11.1 Å². The Bertz CT molecular complexity index is 617. The molecule has 0 radical (unpaired) electrons. The van der Waals surface area contributed by atoms with E-state index < -0.39 is 6.10 Å². The summed E-state index contributed by atoms with van der Waals surface area (Å²) in [6, 6.07) is 16.9. The average molecular weight is 282 g/mol. The molecule has 0 fully saturated rings. The number of hydrogen-bond donors (Lipinski definition) is 2. The van der Waals surface area contributed by atoms with E-state index in [0.717, 1.165) is 17.0 Å². The van der Waals surface area contributed by atoms with E-state index in [1.165, 1.54) is 0 Å². The summed E-state index contributed by atoms with van der Waals surface area (Å²) in [5, 5.41) is 21.8. The largest absolute Gasteiger partial charge is 0.491 e. The Morgan fingerprint density at radius 3 is 2.57 bits per heavy atom. The lowest BCUT2D eigenvalue weighted by Crippen LogP contribution is -2.26. The van der Waals surface area contributed by atoms with Crippen molar-refractivity contribution >= 4 is 5.69 Å². The number of ether oxygens (including phenoxy) is 1. The predicted octanol–water partition coefficient (Wildman–Crippen LogP) is 2.72. The summed E-state index contributed by atoms with van der Waals surface area (Å²) in [6.07, 6.45) is -0.611. The van der Waals surface area contributed by atoms with Crippen molar-refractivity contribution < 1.29 is 9.84 Å². The molecule has 4 heteroatoms. The molecular formula is C17H18N2O2. The number of aryl methyl sites for hydroxylation is 1. The molecular weight excluding hydrogens is 264 g/mol. The van der Waals surface area contributed by atoms with Crippen molar-refractivity contribution in [3.05, 3.63) is 59.7 Å². The maximum Gasteiger partial charge on any atom is 0.122 e. The summed E-state index contributed by atoms with van der Waals surface area (Å²) in [5.74, 6) is 0.787. The average Bonchev–Trinajstić information content (AvgIpc) is 2.52. The zero-order valence-electron chi connectivity index (χ0n) is 11.9. The van der Waals surface area contributed by atoms with Crippen molar-refractivity contribution in [2.24, 2.45) is 0 Å². The minimum absolute atomic E-state index is 0.230. The molecule has 0 amide bonds. The van der Waals surface area contributed by atoms with Gasteiger partial charge in [0.2, 0.25) is 0 Å². The van der Waals surface area contributed by atoms with Gasteiger partial charge >= 0.3 is 0 Å². The van der Waals surface area contributed by atoms with E-state index in [4.69, 9.17) is 10.00 Å². The molecule has 4 nitrogen and oxygen atoms in total. The van der Waals surface area contributed by atoms with Crippen molar-refractivity contribution in [3.8, 4) is 11.8 Å². The summed E-state index contributed by atoms with van der Waals surface area (Å²) in [7, 11) is 0. The molecule has 1 atom stereocenters. The maximum absolute atomic E-state index is 9.92. The molecule has 0 aliphatic rings. The van der Waals surface area contributed by atoms with Gasteiger partial charge in [0.1, 0.15) is 18.5 Å². The minimum Gasteiger partial charge on any atom is -0.491 e. The fourth-order valence-corrected chi connectivity index (χ4v) is 1.86. The number of para-hydroxylation sites is 1. The van der Waals surface area contributed by atoms with Crippen molar-refractivity contribution in [2.45, 2.75) is 13.0 Å². The SMILES string of the molecule is Cc1ccccc1OCC(O)CNc1ccc(C#N)cc1. The highest BCUT2D eigenvalue weighted by Gasteiger charge is 2.06. The predicted molar refractivity (Wildman–Crippen MR) is 82.3 cm³/mol. The first-order chi connectivity index (χ1) is 10.2. The van der Waals surface area contributed by atoms with E-state index in [1.807, 2.05) is 43.3 Å². The van der Waals surface area contributed by atoms with Crippen LogP contribution in [0.5, 0.6) is 5.75 Å². The van der Waals surface area contributed by atoms with E-state index >= 15 is 0 Å². The van der Waals surface area contributed by atoms with Crippen molar-refractivity contribution in [1.29, 1.82) is 5.26 Å². The van der Waals surface area contributed by atoms with Gasteiger partial charge < -0.3 is 15.2 Å². The van der Waals surface area contributed by atoms with Gasteiger partial charge in [0.05, 0.1) is 11.6 Å². The van der Waals surface area contributed by atoms with Crippen LogP contribution in [0.4, 0.5) is 5.69 Å². The van der Waals surface area contributed by atoms with E-state index in [2.05, 4.69) is 11.4 Å². The summed E-state index contributed by atoms with van der Waals surface area (Å²) >= 11 is 0. The van der Waals surface area contributed by atoms with Gasteiger partial charge in [-0.25, -0.2) is 0 Å². The first-order valence-electron chi connectivity index (χ1n) is 6.79. The first-order valence-corrected chi connectivity index (χ1v) is 6.79. The number of hydrogen-bond acceptors (Lipinski definition) is 4.